The maximum atomic E-state index is 12.7. The van der Waals surface area contributed by atoms with Crippen LogP contribution in [0.25, 0.3) is 0 Å². The molecule has 4 atom stereocenters. The Morgan fingerprint density at radius 2 is 1.39 bits per heavy atom. The molecule has 0 spiro atoms. The van der Waals surface area contributed by atoms with Crippen molar-refractivity contribution in [3.63, 3.8) is 0 Å². The van der Waals surface area contributed by atoms with Crippen LogP contribution in [-0.2, 0) is 19.2 Å². The number of hydrogen-bond acceptors (Lipinski definition) is 7. The Morgan fingerprint density at radius 1 is 0.857 bits per heavy atom. The SMILES string of the molecule is CC(C)C[C@H](NC(=O)[C@@H](NC(=O)[C@@H](N)CS)C(C)C)C(=O)N[C@@H](CS)C(=O)O. The van der Waals surface area contributed by atoms with E-state index in [2.05, 4.69) is 41.2 Å². The van der Waals surface area contributed by atoms with Gasteiger partial charge in [-0.05, 0) is 18.3 Å². The van der Waals surface area contributed by atoms with Gasteiger partial charge in [-0.2, -0.15) is 25.3 Å². The van der Waals surface area contributed by atoms with Crippen LogP contribution >= 0.6 is 25.3 Å². The van der Waals surface area contributed by atoms with E-state index in [1.54, 1.807) is 13.8 Å². The highest BCUT2D eigenvalue weighted by Gasteiger charge is 2.31. The minimum atomic E-state index is -1.22. The highest BCUT2D eigenvalue weighted by atomic mass is 32.1. The van der Waals surface area contributed by atoms with E-state index in [0.717, 1.165) is 0 Å². The Labute approximate surface area is 176 Å². The topological polar surface area (TPSA) is 151 Å². The standard InChI is InChI=1S/C17H32N4O5S2/c1-8(2)5-11(15(23)20-12(7-28)17(25)26)19-16(24)13(9(3)4)21-14(22)10(18)6-27/h8-13,27-28H,5-7,18H2,1-4H3,(H,19,24)(H,20,23)(H,21,22)(H,25,26)/t10-,11-,12-,13-/m0/s1. The first kappa shape index (κ1) is 26.5. The highest BCUT2D eigenvalue weighted by molar-refractivity contribution is 7.80. The lowest BCUT2D eigenvalue weighted by atomic mass is 9.99. The van der Waals surface area contributed by atoms with Crippen LogP contribution in [0.3, 0.4) is 0 Å². The molecule has 0 radical (unpaired) electrons. The molecule has 0 aliphatic heterocycles. The van der Waals surface area contributed by atoms with E-state index in [0.29, 0.717) is 6.42 Å². The number of nitrogens with one attached hydrogen (secondary N) is 3. The zero-order valence-corrected chi connectivity index (χ0v) is 18.4. The zero-order valence-electron chi connectivity index (χ0n) is 16.6. The van der Waals surface area contributed by atoms with Crippen LogP contribution in [-0.4, -0.2) is 64.5 Å². The summed E-state index contributed by atoms with van der Waals surface area (Å²) in [7, 11) is 0. The van der Waals surface area contributed by atoms with Crippen LogP contribution in [0.5, 0.6) is 0 Å². The average Bonchev–Trinajstić information content (AvgIpc) is 2.61. The lowest BCUT2D eigenvalue weighted by molar-refractivity contribution is -0.141. The van der Waals surface area contributed by atoms with E-state index in [1.807, 2.05) is 13.8 Å². The van der Waals surface area contributed by atoms with Crippen LogP contribution < -0.4 is 21.7 Å². The molecule has 11 heteroatoms. The fourth-order valence-corrected chi connectivity index (χ4v) is 2.71. The molecule has 0 heterocycles. The quantitative estimate of drug-likeness (QED) is 0.203. The van der Waals surface area contributed by atoms with Crippen LogP contribution in [0.15, 0.2) is 0 Å². The Morgan fingerprint density at radius 3 is 1.79 bits per heavy atom. The van der Waals surface area contributed by atoms with Crippen LogP contribution in [0, 0.1) is 11.8 Å². The summed E-state index contributed by atoms with van der Waals surface area (Å²) in [5.74, 6) is -3.08. The van der Waals surface area contributed by atoms with Gasteiger partial charge in [0.1, 0.15) is 18.1 Å². The Kier molecular flexibility index (Phi) is 12.2. The number of thiol groups is 2. The van der Waals surface area contributed by atoms with Gasteiger partial charge < -0.3 is 26.8 Å². The van der Waals surface area contributed by atoms with E-state index >= 15 is 0 Å². The number of rotatable bonds is 12. The molecule has 28 heavy (non-hydrogen) atoms. The number of nitrogens with two attached hydrogens (primary N) is 1. The summed E-state index contributed by atoms with van der Waals surface area (Å²) in [5.41, 5.74) is 5.63. The summed E-state index contributed by atoms with van der Waals surface area (Å²) in [6.07, 6.45) is 0.297. The second kappa shape index (κ2) is 12.9. The fourth-order valence-electron chi connectivity index (χ4n) is 2.30. The van der Waals surface area contributed by atoms with Crippen molar-refractivity contribution in [2.75, 3.05) is 11.5 Å². The second-order valence-corrected chi connectivity index (χ2v) is 8.02. The molecule has 0 bridgehead atoms. The van der Waals surface area contributed by atoms with Gasteiger partial charge in [-0.1, -0.05) is 27.7 Å². The van der Waals surface area contributed by atoms with Gasteiger partial charge >= 0.3 is 5.97 Å². The van der Waals surface area contributed by atoms with Gasteiger partial charge in [0, 0.05) is 11.5 Å². The van der Waals surface area contributed by atoms with Gasteiger partial charge in [0.25, 0.3) is 0 Å². The van der Waals surface area contributed by atoms with E-state index in [1.165, 1.54) is 0 Å². The monoisotopic (exact) mass is 436 g/mol. The maximum Gasteiger partial charge on any atom is 0.327 e. The van der Waals surface area contributed by atoms with Crippen LogP contribution in [0.1, 0.15) is 34.1 Å². The highest BCUT2D eigenvalue weighted by Crippen LogP contribution is 2.09. The largest absolute Gasteiger partial charge is 0.480 e. The molecule has 0 aromatic carbocycles. The molecule has 0 aliphatic rings. The van der Waals surface area contributed by atoms with E-state index in [4.69, 9.17) is 10.8 Å². The third-order valence-corrected chi connectivity index (χ3v) is 4.68. The van der Waals surface area contributed by atoms with Gasteiger partial charge in [-0.3, -0.25) is 14.4 Å². The number of carbonyl (C=O) groups excluding carboxylic acids is 3. The first-order chi connectivity index (χ1) is 12.9. The predicted octanol–water partition coefficient (Wildman–Crippen LogP) is -0.586. The fraction of sp³-hybridized carbons (Fsp3) is 0.765. The molecule has 0 unspecified atom stereocenters. The first-order valence-electron chi connectivity index (χ1n) is 9.05. The Hall–Kier alpha value is -1.46. The Bertz CT molecular complexity index is 560. The smallest absolute Gasteiger partial charge is 0.327 e. The number of carboxylic acids is 1. The van der Waals surface area contributed by atoms with E-state index in [-0.39, 0.29) is 23.3 Å². The third kappa shape index (κ3) is 9.16. The minimum absolute atomic E-state index is 0.0556. The van der Waals surface area contributed by atoms with Crippen molar-refractivity contribution in [2.45, 2.75) is 58.3 Å². The van der Waals surface area contributed by atoms with Crippen molar-refractivity contribution >= 4 is 48.9 Å². The number of amides is 3. The zero-order chi connectivity index (χ0) is 22.0. The molecule has 3 amide bonds. The average molecular weight is 437 g/mol. The summed E-state index contributed by atoms with van der Waals surface area (Å²) in [4.78, 5) is 48.4. The second-order valence-electron chi connectivity index (χ2n) is 7.29. The minimum Gasteiger partial charge on any atom is -0.480 e. The summed E-state index contributed by atoms with van der Waals surface area (Å²) >= 11 is 7.88. The van der Waals surface area contributed by atoms with Crippen molar-refractivity contribution in [2.24, 2.45) is 17.6 Å². The molecule has 0 rings (SSSR count). The number of carbonyl (C=O) groups is 4. The molecule has 0 saturated heterocycles. The van der Waals surface area contributed by atoms with Gasteiger partial charge in [0.15, 0.2) is 0 Å². The van der Waals surface area contributed by atoms with Gasteiger partial charge in [-0.25, -0.2) is 4.79 Å². The van der Waals surface area contributed by atoms with Crippen LogP contribution in [0.4, 0.5) is 0 Å². The maximum absolute atomic E-state index is 12.7. The van der Waals surface area contributed by atoms with E-state index < -0.39 is 47.9 Å². The molecule has 0 fully saturated rings. The van der Waals surface area contributed by atoms with Crippen molar-refractivity contribution in [3.8, 4) is 0 Å². The van der Waals surface area contributed by atoms with Gasteiger partial charge in [0.05, 0.1) is 6.04 Å². The molecule has 6 N–H and O–H groups in total. The van der Waals surface area contributed by atoms with Crippen molar-refractivity contribution < 1.29 is 24.3 Å². The Balaban J connectivity index is 5.31. The molecule has 0 saturated carbocycles. The van der Waals surface area contributed by atoms with Crippen molar-refractivity contribution in [1.82, 2.24) is 16.0 Å². The third-order valence-electron chi connectivity index (χ3n) is 3.92. The van der Waals surface area contributed by atoms with Gasteiger partial charge in [-0.15, -0.1) is 0 Å². The summed E-state index contributed by atoms with van der Waals surface area (Å²) in [5, 5.41) is 16.6. The number of aliphatic carboxylic acids is 1. The predicted molar refractivity (Wildman–Crippen MR) is 113 cm³/mol. The van der Waals surface area contributed by atoms with E-state index in [9.17, 15) is 19.2 Å². The summed E-state index contributed by atoms with van der Waals surface area (Å²) in [6, 6.07) is -3.89. The van der Waals surface area contributed by atoms with Crippen molar-refractivity contribution in [3.05, 3.63) is 0 Å². The summed E-state index contributed by atoms with van der Waals surface area (Å²) < 4.78 is 0. The molecule has 9 nitrogen and oxygen atoms in total. The molecule has 162 valence electrons. The van der Waals surface area contributed by atoms with Crippen molar-refractivity contribution in [1.29, 1.82) is 0 Å². The molecule has 0 aromatic rings. The summed E-state index contributed by atoms with van der Waals surface area (Å²) in [6.45, 7) is 7.23. The molecular weight excluding hydrogens is 404 g/mol. The van der Waals surface area contributed by atoms with Gasteiger partial charge in [0.2, 0.25) is 17.7 Å². The first-order valence-corrected chi connectivity index (χ1v) is 10.3. The lowest BCUT2D eigenvalue weighted by Gasteiger charge is -2.27. The number of carboxylic acid groups (broad SMARTS) is 1. The van der Waals surface area contributed by atoms with Crippen LogP contribution in [0.2, 0.25) is 0 Å². The number of hydrogen-bond donors (Lipinski definition) is 7. The molecule has 0 aliphatic carbocycles. The molecule has 0 aromatic heterocycles. The molecular formula is C17H32N4O5S2. The normalized spacial score (nSPS) is 15.5. The lowest BCUT2D eigenvalue weighted by Crippen LogP contribution is -2.58.